The third kappa shape index (κ3) is 3.56. The number of halogens is 3. The molecule has 0 aliphatic heterocycles. The molecule has 0 amide bonds. The highest BCUT2D eigenvalue weighted by atomic mass is 35.5. The van der Waals surface area contributed by atoms with E-state index in [-0.39, 0.29) is 6.04 Å². The van der Waals surface area contributed by atoms with E-state index >= 15 is 0 Å². The first-order valence-corrected chi connectivity index (χ1v) is 7.08. The maximum absolute atomic E-state index is 6.16. The maximum atomic E-state index is 6.16. The summed E-state index contributed by atoms with van der Waals surface area (Å²) in [4.78, 5) is 0. The number of aryl methyl sites for hydroxylation is 1. The van der Waals surface area contributed by atoms with Gasteiger partial charge in [0.05, 0.1) is 20.8 Å². The Labute approximate surface area is 128 Å². The van der Waals surface area contributed by atoms with E-state index in [4.69, 9.17) is 34.8 Å². The summed E-state index contributed by atoms with van der Waals surface area (Å²) in [5.74, 6) is 0. The molecule has 0 saturated carbocycles. The quantitative estimate of drug-likeness (QED) is 0.672. The highest BCUT2D eigenvalue weighted by Gasteiger charge is 2.10. The molecular weight excluding hydrogens is 301 g/mol. The van der Waals surface area contributed by atoms with Crippen LogP contribution in [0.15, 0.2) is 36.4 Å². The molecule has 2 rings (SSSR count). The predicted molar refractivity (Wildman–Crippen MR) is 84.7 cm³/mol. The molecule has 0 spiro atoms. The molecule has 0 saturated heterocycles. The van der Waals surface area contributed by atoms with E-state index in [2.05, 4.69) is 37.4 Å². The first-order valence-electron chi connectivity index (χ1n) is 5.95. The lowest BCUT2D eigenvalue weighted by molar-refractivity contribution is 0.883. The van der Waals surface area contributed by atoms with Gasteiger partial charge >= 0.3 is 0 Å². The molecule has 1 N–H and O–H groups in total. The third-order valence-corrected chi connectivity index (χ3v) is 3.96. The molecule has 2 aromatic carbocycles. The minimum Gasteiger partial charge on any atom is -0.377 e. The van der Waals surface area contributed by atoms with E-state index in [1.807, 2.05) is 6.07 Å². The van der Waals surface area contributed by atoms with Gasteiger partial charge in [0.25, 0.3) is 0 Å². The van der Waals surface area contributed by atoms with Gasteiger partial charge in [-0.2, -0.15) is 0 Å². The average molecular weight is 315 g/mol. The summed E-state index contributed by atoms with van der Waals surface area (Å²) in [7, 11) is 0. The fraction of sp³-hybridized carbons (Fsp3) is 0.200. The number of hydrogen-bond acceptors (Lipinski definition) is 1. The summed E-state index contributed by atoms with van der Waals surface area (Å²) in [6.45, 7) is 4.15. The van der Waals surface area contributed by atoms with Gasteiger partial charge in [-0.15, -0.1) is 0 Å². The Hall–Kier alpha value is -0.890. The molecular formula is C15H14Cl3N. The molecule has 4 heteroatoms. The molecule has 1 atom stereocenters. The van der Waals surface area contributed by atoms with Crippen molar-refractivity contribution in [2.75, 3.05) is 5.32 Å². The van der Waals surface area contributed by atoms with E-state index in [0.717, 1.165) is 5.69 Å². The van der Waals surface area contributed by atoms with Crippen molar-refractivity contribution in [1.82, 2.24) is 0 Å². The number of benzene rings is 2. The van der Waals surface area contributed by atoms with Gasteiger partial charge in [-0.3, -0.25) is 0 Å². The summed E-state index contributed by atoms with van der Waals surface area (Å²) >= 11 is 18.1. The molecule has 0 heterocycles. The summed E-state index contributed by atoms with van der Waals surface area (Å²) in [5, 5.41) is 4.86. The Kier molecular flexibility index (Phi) is 4.62. The molecule has 0 bridgehead atoms. The predicted octanol–water partition coefficient (Wildman–Crippen LogP) is 6.13. The monoisotopic (exact) mass is 313 g/mol. The lowest BCUT2D eigenvalue weighted by Gasteiger charge is -2.17. The Morgan fingerprint density at radius 2 is 1.63 bits per heavy atom. The first-order chi connectivity index (χ1) is 8.97. The van der Waals surface area contributed by atoms with Crippen LogP contribution in [-0.4, -0.2) is 0 Å². The smallest absolute Gasteiger partial charge is 0.0653 e. The summed E-state index contributed by atoms with van der Waals surface area (Å²) in [6.07, 6.45) is 0. The van der Waals surface area contributed by atoms with Crippen molar-refractivity contribution in [2.24, 2.45) is 0 Å². The fourth-order valence-corrected chi connectivity index (χ4v) is 2.49. The van der Waals surface area contributed by atoms with Crippen LogP contribution in [0.3, 0.4) is 0 Å². The summed E-state index contributed by atoms with van der Waals surface area (Å²) in [6, 6.07) is 11.9. The van der Waals surface area contributed by atoms with Crippen molar-refractivity contribution < 1.29 is 0 Å². The van der Waals surface area contributed by atoms with Crippen molar-refractivity contribution >= 4 is 40.5 Å². The SMILES string of the molecule is Cc1cccc(C(C)Nc2cc(Cl)c(Cl)cc2Cl)c1. The fourth-order valence-electron chi connectivity index (χ4n) is 1.89. The molecule has 19 heavy (non-hydrogen) atoms. The maximum Gasteiger partial charge on any atom is 0.0653 e. The summed E-state index contributed by atoms with van der Waals surface area (Å²) in [5.41, 5.74) is 3.21. The van der Waals surface area contributed by atoms with Crippen molar-refractivity contribution in [3.05, 3.63) is 62.6 Å². The molecule has 0 aromatic heterocycles. The van der Waals surface area contributed by atoms with E-state index in [9.17, 15) is 0 Å². The minimum atomic E-state index is 0.134. The van der Waals surface area contributed by atoms with Gasteiger partial charge in [-0.25, -0.2) is 0 Å². The molecule has 2 aromatic rings. The van der Waals surface area contributed by atoms with Crippen LogP contribution in [0.2, 0.25) is 15.1 Å². The highest BCUT2D eigenvalue weighted by molar-refractivity contribution is 6.44. The van der Waals surface area contributed by atoms with Crippen LogP contribution in [0.1, 0.15) is 24.1 Å². The minimum absolute atomic E-state index is 0.134. The number of hydrogen-bond donors (Lipinski definition) is 1. The Morgan fingerprint density at radius 1 is 0.947 bits per heavy atom. The van der Waals surface area contributed by atoms with Crippen LogP contribution in [0.5, 0.6) is 0 Å². The van der Waals surface area contributed by atoms with E-state index in [1.165, 1.54) is 11.1 Å². The Morgan fingerprint density at radius 3 is 2.32 bits per heavy atom. The standard InChI is InChI=1S/C15H14Cl3N/c1-9-4-3-5-11(6-9)10(2)19-15-8-13(17)12(16)7-14(15)18/h3-8,10,19H,1-2H3. The molecule has 0 radical (unpaired) electrons. The molecule has 0 aliphatic carbocycles. The van der Waals surface area contributed by atoms with Gasteiger partial charge in [0.1, 0.15) is 0 Å². The van der Waals surface area contributed by atoms with Crippen molar-refractivity contribution in [3.63, 3.8) is 0 Å². The zero-order valence-corrected chi connectivity index (χ0v) is 12.9. The topological polar surface area (TPSA) is 12.0 Å². The van der Waals surface area contributed by atoms with Crippen LogP contribution in [0, 0.1) is 6.92 Å². The lowest BCUT2D eigenvalue weighted by atomic mass is 10.1. The Balaban J connectivity index is 2.24. The second-order valence-electron chi connectivity index (χ2n) is 4.53. The normalized spacial score (nSPS) is 12.3. The van der Waals surface area contributed by atoms with Gasteiger partial charge in [-0.1, -0.05) is 64.6 Å². The Bertz CT molecular complexity index is 596. The van der Waals surface area contributed by atoms with E-state index in [0.29, 0.717) is 15.1 Å². The molecule has 100 valence electrons. The highest BCUT2D eigenvalue weighted by Crippen LogP contribution is 2.34. The van der Waals surface area contributed by atoms with Crippen LogP contribution >= 0.6 is 34.8 Å². The van der Waals surface area contributed by atoms with Gasteiger partial charge < -0.3 is 5.32 Å². The number of rotatable bonds is 3. The van der Waals surface area contributed by atoms with Crippen LogP contribution in [0.25, 0.3) is 0 Å². The van der Waals surface area contributed by atoms with Crippen LogP contribution in [-0.2, 0) is 0 Å². The zero-order chi connectivity index (χ0) is 14.0. The van der Waals surface area contributed by atoms with E-state index in [1.54, 1.807) is 12.1 Å². The van der Waals surface area contributed by atoms with Gasteiger partial charge in [-0.05, 0) is 31.5 Å². The van der Waals surface area contributed by atoms with Crippen LogP contribution < -0.4 is 5.32 Å². The number of anilines is 1. The third-order valence-electron chi connectivity index (χ3n) is 2.92. The summed E-state index contributed by atoms with van der Waals surface area (Å²) < 4.78 is 0. The van der Waals surface area contributed by atoms with Gasteiger partial charge in [0.15, 0.2) is 0 Å². The second kappa shape index (κ2) is 6.04. The van der Waals surface area contributed by atoms with Crippen molar-refractivity contribution in [1.29, 1.82) is 0 Å². The number of nitrogens with one attached hydrogen (secondary N) is 1. The molecule has 1 unspecified atom stereocenters. The molecule has 0 fully saturated rings. The largest absolute Gasteiger partial charge is 0.377 e. The first kappa shape index (κ1) is 14.5. The molecule has 1 nitrogen and oxygen atoms in total. The average Bonchev–Trinajstić information content (AvgIpc) is 2.36. The zero-order valence-electron chi connectivity index (χ0n) is 10.7. The molecule has 0 aliphatic rings. The van der Waals surface area contributed by atoms with Gasteiger partial charge in [0.2, 0.25) is 0 Å². The van der Waals surface area contributed by atoms with E-state index < -0.39 is 0 Å². The van der Waals surface area contributed by atoms with Crippen LogP contribution in [0.4, 0.5) is 5.69 Å². The van der Waals surface area contributed by atoms with Crippen molar-refractivity contribution in [2.45, 2.75) is 19.9 Å². The van der Waals surface area contributed by atoms with Crippen molar-refractivity contribution in [3.8, 4) is 0 Å². The van der Waals surface area contributed by atoms with Gasteiger partial charge in [0, 0.05) is 6.04 Å². The lowest BCUT2D eigenvalue weighted by Crippen LogP contribution is -2.07. The second-order valence-corrected chi connectivity index (χ2v) is 5.75.